The number of anilines is 1. The molecule has 2 aromatic rings. The molecule has 1 aromatic heterocycles. The van der Waals surface area contributed by atoms with Crippen LogP contribution in [0.2, 0.25) is 5.02 Å². The van der Waals surface area contributed by atoms with Gasteiger partial charge in [-0.1, -0.05) is 23.7 Å². The molecule has 0 aliphatic heterocycles. The van der Waals surface area contributed by atoms with Crippen molar-refractivity contribution in [3.8, 4) is 5.75 Å². The molecule has 0 saturated heterocycles. The van der Waals surface area contributed by atoms with Crippen molar-refractivity contribution in [3.05, 3.63) is 53.8 Å². The van der Waals surface area contributed by atoms with Gasteiger partial charge in [0, 0.05) is 6.20 Å². The number of carbonyl (C=O) groups is 1. The van der Waals surface area contributed by atoms with Crippen LogP contribution in [-0.2, 0) is 4.79 Å². The van der Waals surface area contributed by atoms with E-state index >= 15 is 0 Å². The van der Waals surface area contributed by atoms with Crippen molar-refractivity contribution in [1.29, 1.82) is 0 Å². The minimum absolute atomic E-state index is 0.0864. The average Bonchev–Trinajstić information content (AvgIpc) is 2.40. The molecule has 0 aliphatic rings. The number of halogens is 1. The highest BCUT2D eigenvalue weighted by Gasteiger charge is 2.05. The number of rotatable bonds is 4. The molecular weight excluding hydrogens is 252 g/mol. The number of hydrogen-bond donors (Lipinski definition) is 1. The van der Waals surface area contributed by atoms with E-state index in [1.807, 2.05) is 0 Å². The molecule has 0 spiro atoms. The Balaban J connectivity index is 1.88. The zero-order valence-corrected chi connectivity index (χ0v) is 10.2. The van der Waals surface area contributed by atoms with Crippen LogP contribution >= 0.6 is 11.6 Å². The Morgan fingerprint density at radius 1 is 1.28 bits per heavy atom. The summed E-state index contributed by atoms with van der Waals surface area (Å²) in [5, 5.41) is 3.16. The number of aromatic nitrogens is 1. The predicted molar refractivity (Wildman–Crippen MR) is 69.8 cm³/mol. The Kier molecular flexibility index (Phi) is 4.15. The van der Waals surface area contributed by atoms with Crippen LogP contribution in [0.4, 0.5) is 5.69 Å². The second kappa shape index (κ2) is 6.02. The van der Waals surface area contributed by atoms with E-state index in [0.29, 0.717) is 16.5 Å². The van der Waals surface area contributed by atoms with Gasteiger partial charge in [-0.15, -0.1) is 0 Å². The highest BCUT2D eigenvalue weighted by atomic mass is 35.5. The number of para-hydroxylation sites is 1. The first-order valence-corrected chi connectivity index (χ1v) is 5.71. The summed E-state index contributed by atoms with van der Waals surface area (Å²) in [5.74, 6) is 0.277. The number of nitrogens with one attached hydrogen (secondary N) is 1. The maximum atomic E-state index is 11.6. The van der Waals surface area contributed by atoms with Gasteiger partial charge in [0.25, 0.3) is 5.91 Å². The molecule has 1 N–H and O–H groups in total. The second-order valence-electron chi connectivity index (χ2n) is 3.51. The number of nitrogens with zero attached hydrogens (tertiary/aromatic N) is 1. The molecule has 0 atom stereocenters. The van der Waals surface area contributed by atoms with Gasteiger partial charge in [0.2, 0.25) is 0 Å². The number of pyridine rings is 1. The van der Waals surface area contributed by atoms with Crippen LogP contribution in [0.5, 0.6) is 5.75 Å². The van der Waals surface area contributed by atoms with E-state index in [9.17, 15) is 4.79 Å². The van der Waals surface area contributed by atoms with E-state index in [1.165, 1.54) is 0 Å². The lowest BCUT2D eigenvalue weighted by Crippen LogP contribution is -2.20. The molecule has 0 fully saturated rings. The minimum atomic E-state index is -0.271. The lowest BCUT2D eigenvalue weighted by Gasteiger charge is -2.08. The van der Waals surface area contributed by atoms with E-state index in [1.54, 1.807) is 48.8 Å². The van der Waals surface area contributed by atoms with Crippen LogP contribution in [0.3, 0.4) is 0 Å². The molecule has 4 nitrogen and oxygen atoms in total. The van der Waals surface area contributed by atoms with E-state index < -0.39 is 0 Å². The largest absolute Gasteiger partial charge is 0.482 e. The van der Waals surface area contributed by atoms with Crippen molar-refractivity contribution in [3.63, 3.8) is 0 Å². The lowest BCUT2D eigenvalue weighted by atomic mass is 10.3. The number of ether oxygens (including phenoxy) is 1. The molecule has 0 radical (unpaired) electrons. The van der Waals surface area contributed by atoms with E-state index in [4.69, 9.17) is 16.3 Å². The molecule has 1 amide bonds. The fourth-order valence-electron chi connectivity index (χ4n) is 1.33. The van der Waals surface area contributed by atoms with Gasteiger partial charge >= 0.3 is 0 Å². The van der Waals surface area contributed by atoms with Crippen molar-refractivity contribution in [2.75, 3.05) is 11.9 Å². The quantitative estimate of drug-likeness (QED) is 0.922. The predicted octanol–water partition coefficient (Wildman–Crippen LogP) is 2.75. The van der Waals surface area contributed by atoms with E-state index in [-0.39, 0.29) is 12.5 Å². The van der Waals surface area contributed by atoms with Gasteiger partial charge in [-0.2, -0.15) is 0 Å². The zero-order valence-electron chi connectivity index (χ0n) is 9.47. The van der Waals surface area contributed by atoms with Gasteiger partial charge in [-0.25, -0.2) is 0 Å². The maximum absolute atomic E-state index is 11.6. The summed E-state index contributed by atoms with van der Waals surface area (Å²) in [6.07, 6.45) is 3.18. The topological polar surface area (TPSA) is 51.2 Å². The molecular formula is C13H11ClN2O2. The average molecular weight is 263 g/mol. The molecule has 0 bridgehead atoms. The van der Waals surface area contributed by atoms with Crippen molar-refractivity contribution >= 4 is 23.2 Å². The molecule has 5 heteroatoms. The van der Waals surface area contributed by atoms with Crippen LogP contribution in [-0.4, -0.2) is 17.5 Å². The Bertz CT molecular complexity index is 532. The lowest BCUT2D eigenvalue weighted by molar-refractivity contribution is -0.118. The fraction of sp³-hybridized carbons (Fsp3) is 0.0769. The van der Waals surface area contributed by atoms with Gasteiger partial charge in [-0.3, -0.25) is 9.78 Å². The molecule has 1 aromatic carbocycles. The van der Waals surface area contributed by atoms with Gasteiger partial charge in [0.1, 0.15) is 5.75 Å². The maximum Gasteiger partial charge on any atom is 0.262 e. The summed E-state index contributed by atoms with van der Waals surface area (Å²) in [4.78, 5) is 15.5. The first-order valence-electron chi connectivity index (χ1n) is 5.33. The van der Waals surface area contributed by atoms with Crippen LogP contribution in [0, 0.1) is 0 Å². The van der Waals surface area contributed by atoms with Crippen molar-refractivity contribution in [2.45, 2.75) is 0 Å². The number of amides is 1. The smallest absolute Gasteiger partial charge is 0.262 e. The highest BCUT2D eigenvalue weighted by molar-refractivity contribution is 6.33. The zero-order chi connectivity index (χ0) is 12.8. The molecule has 0 unspecified atom stereocenters. The fourth-order valence-corrected chi connectivity index (χ4v) is 1.51. The van der Waals surface area contributed by atoms with Gasteiger partial charge < -0.3 is 10.1 Å². The SMILES string of the molecule is O=C(COc1cccnc1)Nc1ccccc1Cl. The Morgan fingerprint density at radius 2 is 2.11 bits per heavy atom. The summed E-state index contributed by atoms with van der Waals surface area (Å²) in [5.41, 5.74) is 0.568. The van der Waals surface area contributed by atoms with Gasteiger partial charge in [0.15, 0.2) is 6.61 Å². The first-order chi connectivity index (χ1) is 8.75. The number of carbonyl (C=O) groups excluding carboxylic acids is 1. The molecule has 0 saturated carbocycles. The number of hydrogen-bond acceptors (Lipinski definition) is 3. The minimum Gasteiger partial charge on any atom is -0.482 e. The normalized spacial score (nSPS) is 9.83. The Morgan fingerprint density at radius 3 is 2.83 bits per heavy atom. The highest BCUT2D eigenvalue weighted by Crippen LogP contribution is 2.20. The third-order valence-electron chi connectivity index (χ3n) is 2.15. The molecule has 2 rings (SSSR count). The third kappa shape index (κ3) is 3.46. The van der Waals surface area contributed by atoms with Crippen molar-refractivity contribution in [2.24, 2.45) is 0 Å². The van der Waals surface area contributed by atoms with Crippen LogP contribution in [0.25, 0.3) is 0 Å². The van der Waals surface area contributed by atoms with Crippen LogP contribution in [0.1, 0.15) is 0 Å². The summed E-state index contributed by atoms with van der Waals surface area (Å²) in [6, 6.07) is 10.5. The summed E-state index contributed by atoms with van der Waals surface area (Å²) in [6.45, 7) is -0.0864. The first kappa shape index (κ1) is 12.4. The third-order valence-corrected chi connectivity index (χ3v) is 2.48. The van der Waals surface area contributed by atoms with Gasteiger partial charge in [0.05, 0.1) is 16.9 Å². The number of benzene rings is 1. The monoisotopic (exact) mass is 262 g/mol. The second-order valence-corrected chi connectivity index (χ2v) is 3.91. The Labute approximate surface area is 110 Å². The molecule has 1 heterocycles. The Hall–Kier alpha value is -2.07. The van der Waals surface area contributed by atoms with Crippen molar-refractivity contribution in [1.82, 2.24) is 4.98 Å². The molecule has 92 valence electrons. The molecule has 0 aliphatic carbocycles. The van der Waals surface area contributed by atoms with Crippen molar-refractivity contribution < 1.29 is 9.53 Å². The van der Waals surface area contributed by atoms with Crippen LogP contribution < -0.4 is 10.1 Å². The van der Waals surface area contributed by atoms with Crippen LogP contribution in [0.15, 0.2) is 48.8 Å². The van der Waals surface area contributed by atoms with E-state index in [2.05, 4.69) is 10.3 Å². The van der Waals surface area contributed by atoms with Gasteiger partial charge in [-0.05, 0) is 24.3 Å². The summed E-state index contributed by atoms with van der Waals surface area (Å²) in [7, 11) is 0. The summed E-state index contributed by atoms with van der Waals surface area (Å²) >= 11 is 5.92. The summed E-state index contributed by atoms with van der Waals surface area (Å²) < 4.78 is 5.26. The van der Waals surface area contributed by atoms with E-state index in [0.717, 1.165) is 0 Å². The standard InChI is InChI=1S/C13H11ClN2O2/c14-11-5-1-2-6-12(11)16-13(17)9-18-10-4-3-7-15-8-10/h1-8H,9H2,(H,16,17). The molecule has 18 heavy (non-hydrogen) atoms.